The van der Waals surface area contributed by atoms with Crippen LogP contribution in [0.2, 0.25) is 0 Å². The molecule has 2 N–H and O–H groups in total. The monoisotopic (exact) mass is 807 g/mol. The summed E-state index contributed by atoms with van der Waals surface area (Å²) >= 11 is 0. The minimum absolute atomic E-state index is 0.172. The van der Waals surface area contributed by atoms with Crippen molar-refractivity contribution in [1.29, 1.82) is 0 Å². The molecule has 0 aliphatic rings. The number of carbonyl (C=O) groups excluding carboxylic acids is 2. The van der Waals surface area contributed by atoms with Crippen molar-refractivity contribution in [3.05, 3.63) is 60.8 Å². The van der Waals surface area contributed by atoms with E-state index in [-0.39, 0.29) is 19.4 Å². The van der Waals surface area contributed by atoms with Crippen LogP contribution in [0.15, 0.2) is 60.8 Å². The molecular weight excluding hydrogens is 723 g/mol. The summed E-state index contributed by atoms with van der Waals surface area (Å²) in [5.41, 5.74) is 0. The Bertz CT molecular complexity index is 1090. The van der Waals surface area contributed by atoms with Gasteiger partial charge >= 0.3 is 19.8 Å². The largest absolute Gasteiger partial charge is 0.469 e. The van der Waals surface area contributed by atoms with E-state index in [0.29, 0.717) is 12.8 Å². The van der Waals surface area contributed by atoms with Gasteiger partial charge in [0, 0.05) is 12.8 Å². The fraction of sp³-hybridized carbons (Fsp3) is 0.745. The van der Waals surface area contributed by atoms with Crippen molar-refractivity contribution in [3.8, 4) is 0 Å². The number of hydrogen-bond donors (Lipinski definition) is 2. The molecule has 0 aliphatic heterocycles. The van der Waals surface area contributed by atoms with Crippen LogP contribution < -0.4 is 0 Å². The molecule has 0 radical (unpaired) electrons. The molecule has 8 nitrogen and oxygen atoms in total. The van der Waals surface area contributed by atoms with Crippen LogP contribution in [0.3, 0.4) is 0 Å². The van der Waals surface area contributed by atoms with Crippen molar-refractivity contribution in [2.75, 3.05) is 13.2 Å². The maximum atomic E-state index is 12.4. The fourth-order valence-corrected chi connectivity index (χ4v) is 6.48. The molecule has 0 rings (SSSR count). The summed E-state index contributed by atoms with van der Waals surface area (Å²) in [7, 11) is -4.77. The predicted octanol–water partition coefficient (Wildman–Crippen LogP) is 14.1. The molecule has 0 amide bonds. The van der Waals surface area contributed by atoms with E-state index >= 15 is 0 Å². The second-order valence-electron chi connectivity index (χ2n) is 15.0. The molecule has 1 atom stereocenters. The van der Waals surface area contributed by atoms with E-state index in [4.69, 9.17) is 19.3 Å². The maximum absolute atomic E-state index is 12.4. The van der Waals surface area contributed by atoms with Crippen LogP contribution >= 0.6 is 7.82 Å². The SMILES string of the molecule is CCCCC/C=C\C/C=C\C/C=C\C/C=C\CCCCCC(=O)O[C@H](COC(=O)CCCCCCCCCCC/C=C\CCCCCCCC)COP(=O)(O)O. The highest BCUT2D eigenvalue weighted by atomic mass is 31.2. The molecule has 0 spiro atoms. The minimum atomic E-state index is -4.77. The highest BCUT2D eigenvalue weighted by Gasteiger charge is 2.22. The molecule has 0 bridgehead atoms. The first-order valence-corrected chi connectivity index (χ1v) is 24.1. The first kappa shape index (κ1) is 53.8. The first-order chi connectivity index (χ1) is 27.3. The molecule has 9 heteroatoms. The Morgan fingerprint density at radius 3 is 1.27 bits per heavy atom. The number of esters is 2. The Balaban J connectivity index is 3.96. The Labute approximate surface area is 343 Å². The fourth-order valence-electron chi connectivity index (χ4n) is 6.12. The van der Waals surface area contributed by atoms with E-state index in [2.05, 4.69) is 79.1 Å². The molecule has 0 saturated carbocycles. The van der Waals surface area contributed by atoms with Crippen molar-refractivity contribution in [2.45, 2.75) is 213 Å². The van der Waals surface area contributed by atoms with E-state index in [9.17, 15) is 14.2 Å². The van der Waals surface area contributed by atoms with E-state index in [1.54, 1.807) is 0 Å². The summed E-state index contributed by atoms with van der Waals surface area (Å²) in [5.74, 6) is -0.922. The van der Waals surface area contributed by atoms with Crippen molar-refractivity contribution in [1.82, 2.24) is 0 Å². The standard InChI is InChI=1S/C47H83O8P/c1-3-5-7-9-11-13-15-17-19-21-23-25-27-29-31-33-35-37-39-41-46(48)53-43-45(44-54-56(50,51)52)55-47(49)42-40-38-36-34-32-30-28-26-24-22-20-18-16-14-12-10-8-6-4-2/h12,14,17-20,24,26,30,32,45H,3-11,13,15-16,21-23,25,27-29,31,33-44H2,1-2H3,(H2,50,51,52)/b14-12-,19-17-,20-18-,26-24-,32-30-/t45-/m1/s1. The second-order valence-corrected chi connectivity index (χ2v) is 16.3. The molecule has 0 saturated heterocycles. The van der Waals surface area contributed by atoms with Gasteiger partial charge in [0.15, 0.2) is 6.10 Å². The normalized spacial score (nSPS) is 13.0. The molecule has 0 aromatic heterocycles. The van der Waals surface area contributed by atoms with Crippen LogP contribution in [-0.2, 0) is 28.2 Å². The van der Waals surface area contributed by atoms with Crippen molar-refractivity contribution in [2.24, 2.45) is 0 Å². The Morgan fingerprint density at radius 2 is 0.804 bits per heavy atom. The van der Waals surface area contributed by atoms with E-state index < -0.39 is 32.5 Å². The summed E-state index contributed by atoms with van der Waals surface area (Å²) in [4.78, 5) is 42.9. The lowest BCUT2D eigenvalue weighted by Gasteiger charge is -2.18. The molecule has 0 aromatic rings. The Hall–Kier alpha value is -2.25. The number of rotatable bonds is 41. The van der Waals surface area contributed by atoms with Gasteiger partial charge in [0.2, 0.25) is 0 Å². The van der Waals surface area contributed by atoms with Gasteiger partial charge in [-0.15, -0.1) is 0 Å². The number of hydrogen-bond acceptors (Lipinski definition) is 6. The molecular formula is C47H83O8P. The van der Waals surface area contributed by atoms with Gasteiger partial charge in [-0.25, -0.2) is 4.57 Å². The van der Waals surface area contributed by atoms with Crippen LogP contribution in [0.1, 0.15) is 206 Å². The van der Waals surface area contributed by atoms with Crippen molar-refractivity contribution >= 4 is 19.8 Å². The van der Waals surface area contributed by atoms with Crippen molar-refractivity contribution < 1.29 is 37.9 Å². The lowest BCUT2D eigenvalue weighted by Crippen LogP contribution is -2.29. The third-order valence-electron chi connectivity index (χ3n) is 9.51. The topological polar surface area (TPSA) is 119 Å². The van der Waals surface area contributed by atoms with Gasteiger partial charge in [0.1, 0.15) is 6.61 Å². The molecule has 0 heterocycles. The average molecular weight is 807 g/mol. The Morgan fingerprint density at radius 1 is 0.464 bits per heavy atom. The summed E-state index contributed by atoms with van der Waals surface area (Å²) in [6.07, 6.45) is 53.7. The average Bonchev–Trinajstić information content (AvgIpc) is 3.17. The minimum Gasteiger partial charge on any atom is -0.462 e. The molecule has 324 valence electrons. The first-order valence-electron chi connectivity index (χ1n) is 22.6. The summed E-state index contributed by atoms with van der Waals surface area (Å²) < 4.78 is 26.4. The van der Waals surface area contributed by atoms with Gasteiger partial charge in [0.05, 0.1) is 6.61 Å². The third kappa shape index (κ3) is 44.5. The van der Waals surface area contributed by atoms with Gasteiger partial charge in [-0.2, -0.15) is 0 Å². The van der Waals surface area contributed by atoms with Gasteiger partial charge in [-0.3, -0.25) is 14.1 Å². The van der Waals surface area contributed by atoms with Gasteiger partial charge in [-0.1, -0.05) is 171 Å². The van der Waals surface area contributed by atoms with Crippen LogP contribution in [-0.4, -0.2) is 41.0 Å². The van der Waals surface area contributed by atoms with Gasteiger partial charge < -0.3 is 19.3 Å². The van der Waals surface area contributed by atoms with E-state index in [1.165, 1.54) is 109 Å². The number of allylic oxidation sites excluding steroid dienone is 10. The van der Waals surface area contributed by atoms with Crippen molar-refractivity contribution in [3.63, 3.8) is 0 Å². The molecule has 0 unspecified atom stereocenters. The quantitative estimate of drug-likeness (QED) is 0.0271. The van der Waals surface area contributed by atoms with E-state index in [1.807, 2.05) is 0 Å². The molecule has 56 heavy (non-hydrogen) atoms. The zero-order valence-electron chi connectivity index (χ0n) is 35.8. The highest BCUT2D eigenvalue weighted by molar-refractivity contribution is 7.46. The van der Waals surface area contributed by atoms with Gasteiger partial charge in [0.25, 0.3) is 0 Å². The van der Waals surface area contributed by atoms with Crippen LogP contribution in [0.4, 0.5) is 0 Å². The van der Waals surface area contributed by atoms with Crippen LogP contribution in [0.25, 0.3) is 0 Å². The van der Waals surface area contributed by atoms with Crippen LogP contribution in [0.5, 0.6) is 0 Å². The van der Waals surface area contributed by atoms with Crippen LogP contribution in [0, 0.1) is 0 Å². The number of ether oxygens (including phenoxy) is 2. The van der Waals surface area contributed by atoms with E-state index in [0.717, 1.165) is 57.8 Å². The number of phosphoric acid groups is 1. The van der Waals surface area contributed by atoms with Gasteiger partial charge in [-0.05, 0) is 83.5 Å². The third-order valence-corrected chi connectivity index (χ3v) is 9.99. The summed E-state index contributed by atoms with van der Waals surface area (Å²) in [6, 6.07) is 0. The lowest BCUT2D eigenvalue weighted by molar-refractivity contribution is -0.161. The molecule has 0 fully saturated rings. The second kappa shape index (κ2) is 42.4. The molecule has 0 aromatic carbocycles. The summed E-state index contributed by atoms with van der Waals surface area (Å²) in [6.45, 7) is 3.64. The number of unbranched alkanes of at least 4 members (excludes halogenated alkanes) is 21. The zero-order chi connectivity index (χ0) is 41.1. The summed E-state index contributed by atoms with van der Waals surface area (Å²) in [5, 5.41) is 0. The zero-order valence-corrected chi connectivity index (χ0v) is 36.7. The number of phosphoric ester groups is 1. The Kier molecular flexibility index (Phi) is 40.7. The lowest BCUT2D eigenvalue weighted by atomic mass is 10.1. The molecule has 0 aliphatic carbocycles. The maximum Gasteiger partial charge on any atom is 0.469 e. The predicted molar refractivity (Wildman–Crippen MR) is 234 cm³/mol. The smallest absolute Gasteiger partial charge is 0.462 e. The highest BCUT2D eigenvalue weighted by Crippen LogP contribution is 2.36. The number of carbonyl (C=O) groups is 2.